The van der Waals surface area contributed by atoms with Gasteiger partial charge in [-0.1, -0.05) is 30.3 Å². The second-order valence-corrected chi connectivity index (χ2v) is 7.76. The van der Waals surface area contributed by atoms with Crippen LogP contribution in [0.5, 0.6) is 5.75 Å². The number of rotatable bonds is 6. The molecule has 1 aliphatic carbocycles. The van der Waals surface area contributed by atoms with Crippen molar-refractivity contribution >= 4 is 17.6 Å². The third kappa shape index (κ3) is 5.50. The quantitative estimate of drug-likeness (QED) is 0.788. The van der Waals surface area contributed by atoms with Gasteiger partial charge in [0.1, 0.15) is 12.4 Å². The fraction of sp³-hybridized carbons (Fsp3) is 0.391. The molecular formula is C23H27N3O3. The molecule has 152 valence electrons. The maximum atomic E-state index is 12.7. The van der Waals surface area contributed by atoms with E-state index in [0.717, 1.165) is 29.1 Å². The lowest BCUT2D eigenvalue weighted by atomic mass is 10.0. The molecule has 6 nitrogen and oxygen atoms in total. The molecule has 1 heterocycles. The fourth-order valence-corrected chi connectivity index (χ4v) is 3.43. The van der Waals surface area contributed by atoms with Crippen molar-refractivity contribution in [3.63, 3.8) is 0 Å². The summed E-state index contributed by atoms with van der Waals surface area (Å²) in [5.41, 5.74) is 2.83. The van der Waals surface area contributed by atoms with Gasteiger partial charge >= 0.3 is 6.03 Å². The lowest BCUT2D eigenvalue weighted by molar-refractivity contribution is -0.121. The van der Waals surface area contributed by atoms with E-state index in [1.165, 1.54) is 12.8 Å². The normalized spacial score (nSPS) is 15.7. The Hall–Kier alpha value is -3.02. The molecule has 29 heavy (non-hydrogen) atoms. The molecular weight excluding hydrogens is 366 g/mol. The van der Waals surface area contributed by atoms with Gasteiger partial charge in [-0.3, -0.25) is 4.79 Å². The number of carbonyl (C=O) groups is 2. The Morgan fingerprint density at radius 3 is 2.72 bits per heavy atom. The summed E-state index contributed by atoms with van der Waals surface area (Å²) in [6.45, 7) is 2.27. The molecule has 0 aromatic heterocycles. The van der Waals surface area contributed by atoms with E-state index in [0.29, 0.717) is 38.5 Å². The Labute approximate surface area is 171 Å². The Morgan fingerprint density at radius 1 is 1.10 bits per heavy atom. The van der Waals surface area contributed by atoms with E-state index in [1.807, 2.05) is 42.5 Å². The molecule has 2 aromatic rings. The molecule has 6 heteroatoms. The molecule has 2 aliphatic rings. The molecule has 0 bridgehead atoms. The van der Waals surface area contributed by atoms with E-state index in [4.69, 9.17) is 4.74 Å². The van der Waals surface area contributed by atoms with Crippen molar-refractivity contribution in [2.24, 2.45) is 5.92 Å². The van der Waals surface area contributed by atoms with Gasteiger partial charge in [-0.2, -0.15) is 0 Å². The number of hydrogen-bond donors (Lipinski definition) is 2. The largest absolute Gasteiger partial charge is 0.491 e. The van der Waals surface area contributed by atoms with E-state index in [-0.39, 0.29) is 11.9 Å². The molecule has 3 amide bonds. The highest BCUT2D eigenvalue weighted by atomic mass is 16.5. The maximum absolute atomic E-state index is 12.7. The zero-order valence-corrected chi connectivity index (χ0v) is 16.5. The van der Waals surface area contributed by atoms with Gasteiger partial charge in [0.15, 0.2) is 0 Å². The fourth-order valence-electron chi connectivity index (χ4n) is 3.43. The van der Waals surface area contributed by atoms with E-state index >= 15 is 0 Å². The van der Waals surface area contributed by atoms with Crippen LogP contribution in [0.2, 0.25) is 0 Å². The van der Waals surface area contributed by atoms with Crippen LogP contribution >= 0.6 is 0 Å². The minimum absolute atomic E-state index is 0.104. The average Bonchev–Trinajstić information content (AvgIpc) is 3.57. The lowest BCUT2D eigenvalue weighted by Crippen LogP contribution is -2.36. The van der Waals surface area contributed by atoms with Crippen LogP contribution in [0.25, 0.3) is 0 Å². The summed E-state index contributed by atoms with van der Waals surface area (Å²) in [6.07, 6.45) is 3.63. The summed E-state index contributed by atoms with van der Waals surface area (Å²) in [5.74, 6) is 1.60. The van der Waals surface area contributed by atoms with Gasteiger partial charge in [-0.25, -0.2) is 4.79 Å². The van der Waals surface area contributed by atoms with E-state index < -0.39 is 0 Å². The van der Waals surface area contributed by atoms with Crippen molar-refractivity contribution in [2.75, 3.05) is 25.0 Å². The number of para-hydroxylation sites is 1. The summed E-state index contributed by atoms with van der Waals surface area (Å²) in [6, 6.07) is 15.3. The zero-order chi connectivity index (χ0) is 20.1. The Morgan fingerprint density at radius 2 is 1.93 bits per heavy atom. The van der Waals surface area contributed by atoms with Crippen molar-refractivity contribution in [3.8, 4) is 5.75 Å². The zero-order valence-electron chi connectivity index (χ0n) is 16.5. The van der Waals surface area contributed by atoms with Crippen molar-refractivity contribution in [1.29, 1.82) is 0 Å². The third-order valence-corrected chi connectivity index (χ3v) is 5.34. The number of amides is 3. The first-order chi connectivity index (χ1) is 14.2. The number of anilines is 1. The van der Waals surface area contributed by atoms with Crippen LogP contribution < -0.4 is 15.4 Å². The number of urea groups is 1. The molecule has 4 rings (SSSR count). The Balaban J connectivity index is 1.36. The monoisotopic (exact) mass is 393 g/mol. The van der Waals surface area contributed by atoms with Crippen molar-refractivity contribution in [2.45, 2.75) is 32.2 Å². The summed E-state index contributed by atoms with van der Waals surface area (Å²) < 4.78 is 5.83. The van der Waals surface area contributed by atoms with E-state index in [9.17, 15) is 9.59 Å². The van der Waals surface area contributed by atoms with Gasteiger partial charge in [0.05, 0.1) is 13.1 Å². The van der Waals surface area contributed by atoms with E-state index in [1.54, 1.807) is 4.90 Å². The van der Waals surface area contributed by atoms with Crippen LogP contribution in [0.3, 0.4) is 0 Å². The van der Waals surface area contributed by atoms with Crippen LogP contribution in [0, 0.1) is 5.92 Å². The second-order valence-electron chi connectivity index (χ2n) is 7.76. The highest BCUT2D eigenvalue weighted by Crippen LogP contribution is 2.28. The maximum Gasteiger partial charge on any atom is 0.322 e. The smallest absolute Gasteiger partial charge is 0.322 e. The molecule has 2 aromatic carbocycles. The predicted octanol–water partition coefficient (Wildman–Crippen LogP) is 3.57. The van der Waals surface area contributed by atoms with E-state index in [2.05, 4.69) is 16.7 Å². The van der Waals surface area contributed by atoms with Crippen molar-refractivity contribution in [3.05, 3.63) is 59.7 Å². The molecule has 2 N–H and O–H groups in total. The van der Waals surface area contributed by atoms with Crippen LogP contribution in [-0.4, -0.2) is 36.5 Å². The summed E-state index contributed by atoms with van der Waals surface area (Å²) in [5, 5.41) is 5.94. The number of benzene rings is 2. The molecule has 0 radical (unpaired) electrons. The average molecular weight is 393 g/mol. The minimum atomic E-state index is -0.141. The predicted molar refractivity (Wildman–Crippen MR) is 112 cm³/mol. The third-order valence-electron chi connectivity index (χ3n) is 5.34. The molecule has 0 spiro atoms. The highest BCUT2D eigenvalue weighted by molar-refractivity contribution is 5.89. The first-order valence-corrected chi connectivity index (χ1v) is 10.3. The Bertz CT molecular complexity index is 865. The number of fused-ring (bicyclic) bond motifs is 1. The van der Waals surface area contributed by atoms with Gasteiger partial charge in [0.25, 0.3) is 0 Å². The molecule has 1 fully saturated rings. The first-order valence-electron chi connectivity index (χ1n) is 10.3. The molecule has 1 saturated carbocycles. The highest BCUT2D eigenvalue weighted by Gasteiger charge is 2.22. The first kappa shape index (κ1) is 19.3. The second kappa shape index (κ2) is 8.99. The van der Waals surface area contributed by atoms with Gasteiger partial charge in [-0.05, 0) is 48.9 Å². The summed E-state index contributed by atoms with van der Waals surface area (Å²) in [4.78, 5) is 26.4. The topological polar surface area (TPSA) is 70.7 Å². The minimum Gasteiger partial charge on any atom is -0.491 e. The summed E-state index contributed by atoms with van der Waals surface area (Å²) in [7, 11) is 0. The lowest BCUT2D eigenvalue weighted by Gasteiger charge is -2.20. The number of nitrogens with one attached hydrogen (secondary N) is 2. The molecule has 0 saturated heterocycles. The van der Waals surface area contributed by atoms with Crippen LogP contribution in [0.4, 0.5) is 10.5 Å². The van der Waals surface area contributed by atoms with Gasteiger partial charge in [-0.15, -0.1) is 0 Å². The summed E-state index contributed by atoms with van der Waals surface area (Å²) >= 11 is 0. The number of hydrogen-bond acceptors (Lipinski definition) is 3. The molecule has 0 atom stereocenters. The van der Waals surface area contributed by atoms with Gasteiger partial charge in [0.2, 0.25) is 5.91 Å². The van der Waals surface area contributed by atoms with Gasteiger partial charge in [0, 0.05) is 24.2 Å². The van der Waals surface area contributed by atoms with Crippen LogP contribution in [0.15, 0.2) is 48.5 Å². The SMILES string of the molecule is O=C(CCc1ccc2c(c1)CN(C(=O)Nc1ccccc1)CCO2)NCC1CC1. The molecule has 1 aliphatic heterocycles. The number of aryl methyl sites for hydroxylation is 1. The number of carbonyl (C=O) groups excluding carboxylic acids is 2. The molecule has 0 unspecified atom stereocenters. The van der Waals surface area contributed by atoms with Crippen molar-refractivity contribution in [1.82, 2.24) is 10.2 Å². The number of ether oxygens (including phenoxy) is 1. The number of nitrogens with zero attached hydrogens (tertiary/aromatic N) is 1. The Kier molecular flexibility index (Phi) is 5.98. The standard InChI is InChI=1S/C23H27N3O3/c27-22(24-15-18-6-7-18)11-9-17-8-10-21-19(14-17)16-26(12-13-29-21)23(28)25-20-4-2-1-3-5-20/h1-5,8,10,14,18H,6-7,9,11-13,15-16H2,(H,24,27)(H,25,28). The van der Waals surface area contributed by atoms with Crippen molar-refractivity contribution < 1.29 is 14.3 Å². The van der Waals surface area contributed by atoms with Gasteiger partial charge < -0.3 is 20.3 Å². The van der Waals surface area contributed by atoms with Crippen LogP contribution in [0.1, 0.15) is 30.4 Å². The van der Waals surface area contributed by atoms with Crippen LogP contribution in [-0.2, 0) is 17.8 Å².